The highest BCUT2D eigenvalue weighted by Gasteiger charge is 2.36. The number of hydrogen-bond acceptors (Lipinski definition) is 3. The molecule has 0 amide bonds. The Kier molecular flexibility index (Phi) is 5.97. The molecule has 0 atom stereocenters. The molecule has 1 aliphatic carbocycles. The molecule has 1 saturated carbocycles. The molecule has 2 aliphatic rings. The summed E-state index contributed by atoms with van der Waals surface area (Å²) in [7, 11) is 0. The fourth-order valence-corrected chi connectivity index (χ4v) is 4.04. The minimum Gasteiger partial charge on any atom is -0.429 e. The zero-order valence-corrected chi connectivity index (χ0v) is 16.1. The Morgan fingerprint density at radius 2 is 1.40 bits per heavy atom. The van der Waals surface area contributed by atoms with E-state index in [1.54, 1.807) is 0 Å². The summed E-state index contributed by atoms with van der Waals surface area (Å²) in [5, 5.41) is 0. The average Bonchev–Trinajstić information content (AvgIpc) is 3.27. The smallest absolute Gasteiger partial charge is 0.426 e. The van der Waals surface area contributed by atoms with Gasteiger partial charge >= 0.3 is 6.11 Å². The summed E-state index contributed by atoms with van der Waals surface area (Å²) < 4.78 is 84.2. The zero-order chi connectivity index (χ0) is 21.3. The summed E-state index contributed by atoms with van der Waals surface area (Å²) in [6.45, 7) is 1.14. The molecule has 3 nitrogen and oxygen atoms in total. The van der Waals surface area contributed by atoms with E-state index < -0.39 is 41.2 Å². The van der Waals surface area contributed by atoms with Gasteiger partial charge in [0.2, 0.25) is 0 Å². The lowest BCUT2D eigenvalue weighted by Gasteiger charge is -2.33. The van der Waals surface area contributed by atoms with Gasteiger partial charge in [0.1, 0.15) is 5.75 Å². The summed E-state index contributed by atoms with van der Waals surface area (Å²) in [6, 6.07) is 5.84. The van der Waals surface area contributed by atoms with E-state index in [2.05, 4.69) is 4.74 Å². The van der Waals surface area contributed by atoms with Crippen molar-refractivity contribution in [3.05, 3.63) is 65.0 Å². The molecular formula is C22H21F5O3. The number of hydrogen-bond donors (Lipinski definition) is 0. The highest BCUT2D eigenvalue weighted by molar-refractivity contribution is 5.29. The maximum Gasteiger partial charge on any atom is 0.426 e. The van der Waals surface area contributed by atoms with Crippen LogP contribution in [-0.4, -0.2) is 13.2 Å². The first-order valence-corrected chi connectivity index (χ1v) is 9.88. The summed E-state index contributed by atoms with van der Waals surface area (Å²) in [5.41, 5.74) is 0.0503. The van der Waals surface area contributed by atoms with E-state index in [0.29, 0.717) is 42.7 Å². The lowest BCUT2D eigenvalue weighted by molar-refractivity contribution is -0.212. The lowest BCUT2D eigenvalue weighted by atomic mass is 9.92. The zero-order valence-electron chi connectivity index (χ0n) is 16.1. The molecule has 2 aromatic carbocycles. The maximum atomic E-state index is 14.4. The molecule has 8 heteroatoms. The first-order valence-electron chi connectivity index (χ1n) is 9.88. The van der Waals surface area contributed by atoms with Gasteiger partial charge in [-0.1, -0.05) is 37.8 Å². The highest BCUT2D eigenvalue weighted by atomic mass is 19.3. The average molecular weight is 428 g/mol. The quantitative estimate of drug-likeness (QED) is 0.427. The fourth-order valence-electron chi connectivity index (χ4n) is 4.04. The number of alkyl halides is 2. The third-order valence-corrected chi connectivity index (χ3v) is 5.71. The SMILES string of the molecule is Fc1cc(OC(F)(F)c2ccc(C3OCC(C4CCCC4)CO3)cc2)cc(F)c1F. The first kappa shape index (κ1) is 21.1. The second-order valence-electron chi connectivity index (χ2n) is 7.74. The van der Waals surface area contributed by atoms with E-state index in [4.69, 9.17) is 9.47 Å². The van der Waals surface area contributed by atoms with Crippen LogP contribution in [0, 0.1) is 29.3 Å². The first-order chi connectivity index (χ1) is 14.3. The van der Waals surface area contributed by atoms with Crippen LogP contribution in [-0.2, 0) is 15.6 Å². The highest BCUT2D eigenvalue weighted by Crippen LogP contribution is 2.37. The van der Waals surface area contributed by atoms with Crippen LogP contribution in [0.1, 0.15) is 43.1 Å². The third kappa shape index (κ3) is 4.44. The fraction of sp³-hybridized carbons (Fsp3) is 0.455. The molecule has 0 bridgehead atoms. The Bertz CT molecular complexity index is 850. The maximum absolute atomic E-state index is 14.4. The van der Waals surface area contributed by atoms with Crippen molar-refractivity contribution in [1.82, 2.24) is 0 Å². The molecule has 162 valence electrons. The van der Waals surface area contributed by atoms with Gasteiger partial charge in [-0.2, -0.15) is 8.78 Å². The molecule has 1 heterocycles. The minimum absolute atomic E-state index is 0.359. The summed E-state index contributed by atoms with van der Waals surface area (Å²) in [6.07, 6.45) is 0.337. The molecule has 0 spiro atoms. The van der Waals surface area contributed by atoms with Gasteiger partial charge < -0.3 is 14.2 Å². The molecule has 1 aliphatic heterocycles. The third-order valence-electron chi connectivity index (χ3n) is 5.71. The van der Waals surface area contributed by atoms with Crippen molar-refractivity contribution >= 4 is 0 Å². The van der Waals surface area contributed by atoms with Gasteiger partial charge in [0, 0.05) is 23.6 Å². The molecule has 4 rings (SSSR count). The van der Waals surface area contributed by atoms with Crippen LogP contribution >= 0.6 is 0 Å². The Morgan fingerprint density at radius 3 is 1.97 bits per heavy atom. The summed E-state index contributed by atoms with van der Waals surface area (Å²) in [4.78, 5) is 0. The van der Waals surface area contributed by atoms with Crippen LogP contribution in [0.3, 0.4) is 0 Å². The number of benzene rings is 2. The van der Waals surface area contributed by atoms with Crippen molar-refractivity contribution in [2.24, 2.45) is 11.8 Å². The van der Waals surface area contributed by atoms with Gasteiger partial charge in [0.25, 0.3) is 0 Å². The van der Waals surface area contributed by atoms with Crippen LogP contribution in [0.15, 0.2) is 36.4 Å². The molecule has 30 heavy (non-hydrogen) atoms. The van der Waals surface area contributed by atoms with Crippen molar-refractivity contribution in [2.45, 2.75) is 38.1 Å². The standard InChI is InChI=1S/C22H21F5O3/c23-18-9-17(10-19(24)20(18)25)30-22(26,27)16-7-5-14(6-8-16)21-28-11-15(12-29-21)13-3-1-2-4-13/h5-10,13,15,21H,1-4,11-12H2. The van der Waals surface area contributed by atoms with Gasteiger partial charge in [-0.25, -0.2) is 13.2 Å². The van der Waals surface area contributed by atoms with Crippen molar-refractivity contribution in [2.75, 3.05) is 13.2 Å². The largest absolute Gasteiger partial charge is 0.429 e. The van der Waals surface area contributed by atoms with Crippen molar-refractivity contribution < 1.29 is 36.2 Å². The topological polar surface area (TPSA) is 27.7 Å². The summed E-state index contributed by atoms with van der Waals surface area (Å²) in [5.74, 6) is -4.82. The van der Waals surface area contributed by atoms with Gasteiger partial charge in [0.15, 0.2) is 23.7 Å². The van der Waals surface area contributed by atoms with Gasteiger partial charge in [-0.15, -0.1) is 0 Å². The van der Waals surface area contributed by atoms with E-state index in [0.717, 1.165) is 12.1 Å². The Balaban J connectivity index is 1.40. The molecular weight excluding hydrogens is 407 g/mol. The van der Waals surface area contributed by atoms with Crippen molar-refractivity contribution in [3.8, 4) is 5.75 Å². The summed E-state index contributed by atoms with van der Waals surface area (Å²) >= 11 is 0. The lowest BCUT2D eigenvalue weighted by Crippen LogP contribution is -2.31. The predicted octanol–water partition coefficient (Wildman–Crippen LogP) is 6.08. The van der Waals surface area contributed by atoms with Gasteiger partial charge in [0.05, 0.1) is 18.8 Å². The Hall–Kier alpha value is -2.19. The van der Waals surface area contributed by atoms with E-state index in [-0.39, 0.29) is 0 Å². The number of halogens is 5. The van der Waals surface area contributed by atoms with Gasteiger partial charge in [-0.05, 0) is 18.1 Å². The Morgan fingerprint density at radius 1 is 0.833 bits per heavy atom. The van der Waals surface area contributed by atoms with Gasteiger partial charge in [-0.3, -0.25) is 0 Å². The molecule has 0 radical (unpaired) electrons. The molecule has 2 fully saturated rings. The predicted molar refractivity (Wildman–Crippen MR) is 97.4 cm³/mol. The molecule has 0 N–H and O–H groups in total. The number of rotatable bonds is 5. The van der Waals surface area contributed by atoms with Crippen LogP contribution in [0.4, 0.5) is 22.0 Å². The minimum atomic E-state index is -3.88. The van der Waals surface area contributed by atoms with E-state index in [1.165, 1.54) is 37.8 Å². The van der Waals surface area contributed by atoms with Crippen LogP contribution in [0.2, 0.25) is 0 Å². The van der Waals surface area contributed by atoms with E-state index in [1.807, 2.05) is 0 Å². The van der Waals surface area contributed by atoms with Crippen LogP contribution in [0.5, 0.6) is 5.75 Å². The van der Waals surface area contributed by atoms with E-state index >= 15 is 0 Å². The van der Waals surface area contributed by atoms with Crippen molar-refractivity contribution in [1.29, 1.82) is 0 Å². The molecule has 0 unspecified atom stereocenters. The second-order valence-corrected chi connectivity index (χ2v) is 7.74. The van der Waals surface area contributed by atoms with Crippen LogP contribution in [0.25, 0.3) is 0 Å². The molecule has 1 saturated heterocycles. The number of ether oxygens (including phenoxy) is 3. The van der Waals surface area contributed by atoms with Crippen molar-refractivity contribution in [3.63, 3.8) is 0 Å². The van der Waals surface area contributed by atoms with E-state index in [9.17, 15) is 22.0 Å². The molecule has 2 aromatic rings. The Labute approximate surface area is 170 Å². The van der Waals surface area contributed by atoms with Crippen LogP contribution < -0.4 is 4.74 Å². The monoisotopic (exact) mass is 428 g/mol. The normalized spacial score (nSPS) is 23.0. The molecule has 0 aromatic heterocycles. The second kappa shape index (κ2) is 8.51.